The molecule has 0 fully saturated rings. The maximum Gasteiger partial charge on any atom is 0.137 e. The molecule has 0 unspecified atom stereocenters. The predicted octanol–water partition coefficient (Wildman–Crippen LogP) is 30.6. The Kier molecular flexibility index (Phi) is 15.5. The van der Waals surface area contributed by atoms with E-state index in [1.807, 2.05) is 46.9 Å². The topological polar surface area (TPSA) is 42.6 Å². The molecule has 6 nitrogen and oxygen atoms in total. The van der Waals surface area contributed by atoms with E-state index in [0.29, 0.717) is 0 Å². The first-order valence-electron chi connectivity index (χ1n) is 37.9. The highest BCUT2D eigenvalue weighted by Gasteiger charge is 2.25. The predicted molar refractivity (Wildman–Crippen MR) is 476 cm³/mol. The summed E-state index contributed by atoms with van der Waals surface area (Å²) in [4.78, 5) is 4.65. The van der Waals surface area contributed by atoms with Crippen molar-refractivity contribution in [2.75, 3.05) is 9.80 Å². The van der Waals surface area contributed by atoms with E-state index >= 15 is 0 Å². The van der Waals surface area contributed by atoms with E-state index in [-0.39, 0.29) is 0 Å². The summed E-state index contributed by atoms with van der Waals surface area (Å²) in [6.07, 6.45) is 0. The Morgan fingerprint density at radius 2 is 0.527 bits per heavy atom. The number of nitrogens with zero attached hydrogens (tertiary/aromatic N) is 4. The van der Waals surface area contributed by atoms with Gasteiger partial charge in [-0.15, -0.1) is 22.7 Å². The molecule has 0 atom stereocenters. The molecule has 0 radical (unpaired) electrons. The normalized spacial score (nSPS) is 11.8. The molecule has 0 saturated carbocycles. The summed E-state index contributed by atoms with van der Waals surface area (Å²) in [5.41, 5.74) is 26.9. The Labute approximate surface area is 653 Å². The average molecular weight is 1470 g/mol. The van der Waals surface area contributed by atoms with Crippen LogP contribution < -0.4 is 9.80 Å². The zero-order chi connectivity index (χ0) is 73.7. The maximum absolute atomic E-state index is 6.41. The minimum Gasteiger partial charge on any atom is -0.456 e. The van der Waals surface area contributed by atoms with E-state index in [2.05, 4.69) is 395 Å². The molecule has 23 rings (SSSR count). The van der Waals surface area contributed by atoms with E-state index in [1.165, 1.54) is 129 Å². The fourth-order valence-electron chi connectivity index (χ4n) is 17.0. The van der Waals surface area contributed by atoms with Gasteiger partial charge in [-0.25, -0.2) is 0 Å². The van der Waals surface area contributed by atoms with Gasteiger partial charge in [-0.05, 0) is 177 Å². The highest BCUT2D eigenvalue weighted by molar-refractivity contribution is 7.27. The molecule has 0 aliphatic rings. The van der Waals surface area contributed by atoms with Gasteiger partial charge >= 0.3 is 0 Å². The molecule has 526 valence electrons. The molecule has 0 saturated heterocycles. The molecule has 0 aliphatic heterocycles. The second-order valence-corrected chi connectivity index (χ2v) is 30.6. The van der Waals surface area contributed by atoms with Crippen LogP contribution in [0.15, 0.2) is 409 Å². The average Bonchev–Trinajstić information content (AvgIpc) is 1.56. The molecule has 0 bridgehead atoms. The van der Waals surface area contributed by atoms with Gasteiger partial charge in [0.1, 0.15) is 22.3 Å². The van der Waals surface area contributed by atoms with Crippen LogP contribution in [0.1, 0.15) is 0 Å². The van der Waals surface area contributed by atoms with Crippen molar-refractivity contribution in [3.63, 3.8) is 0 Å². The zero-order valence-corrected chi connectivity index (χ0v) is 62.2. The maximum atomic E-state index is 6.41. The smallest absolute Gasteiger partial charge is 0.137 e. The minimum atomic E-state index is 0.872. The molecule has 6 heterocycles. The van der Waals surface area contributed by atoms with Gasteiger partial charge in [0.25, 0.3) is 0 Å². The lowest BCUT2D eigenvalue weighted by atomic mass is 9.98. The van der Waals surface area contributed by atoms with E-state index < -0.39 is 0 Å². The van der Waals surface area contributed by atoms with Crippen molar-refractivity contribution in [2.24, 2.45) is 0 Å². The highest BCUT2D eigenvalue weighted by atomic mass is 32.1. The number of hydrogen-bond acceptors (Lipinski definition) is 6. The Morgan fingerprint density at radius 3 is 0.991 bits per heavy atom. The Hall–Kier alpha value is -14.3. The monoisotopic (exact) mass is 1470 g/mol. The van der Waals surface area contributed by atoms with Crippen molar-refractivity contribution < 1.29 is 8.83 Å². The fraction of sp³-hybridized carbons (Fsp3) is 0. The summed E-state index contributed by atoms with van der Waals surface area (Å²) >= 11 is 3.79. The number of anilines is 6. The number of rotatable bonds is 12. The summed E-state index contributed by atoms with van der Waals surface area (Å²) in [5.74, 6) is 0. The molecule has 0 aliphatic carbocycles. The van der Waals surface area contributed by atoms with Crippen LogP contribution in [0.25, 0.3) is 173 Å². The molecule has 23 aromatic rings. The van der Waals surface area contributed by atoms with Crippen LogP contribution in [0.5, 0.6) is 0 Å². The first kappa shape index (κ1) is 64.9. The SMILES string of the molecule is c1ccc(-c2ccc(N(c3ccc(-c4cccc5c4sc4c6ccccc6n(-c6ccccc6)c54)cc3)c3ccc4c(c3)oc3ccccc34)cc2)cc1.c1ccc(-n2c3ccccc3c3sc4c(-c5ccc(N(c6ccc(-c7cccc8ccccc78)cc6)c6ccc7c(c6)oc6ccccc67)cc5)cccc4c32)cc1. The summed E-state index contributed by atoms with van der Waals surface area (Å²) in [5, 5.41) is 12.1. The minimum absolute atomic E-state index is 0.872. The van der Waals surface area contributed by atoms with Crippen LogP contribution in [0, 0.1) is 0 Å². The van der Waals surface area contributed by atoms with E-state index in [0.717, 1.165) is 78.0 Å². The first-order valence-corrected chi connectivity index (χ1v) is 39.6. The molecule has 112 heavy (non-hydrogen) atoms. The molecule has 8 heteroatoms. The van der Waals surface area contributed by atoms with Crippen molar-refractivity contribution in [3.8, 4) is 55.9 Å². The number of para-hydroxylation sites is 6. The first-order chi connectivity index (χ1) is 55.5. The third kappa shape index (κ3) is 10.9. The molecule has 0 amide bonds. The van der Waals surface area contributed by atoms with Crippen molar-refractivity contribution in [1.29, 1.82) is 0 Å². The van der Waals surface area contributed by atoms with Gasteiger partial charge in [0.2, 0.25) is 0 Å². The third-order valence-electron chi connectivity index (χ3n) is 22.2. The van der Waals surface area contributed by atoms with Gasteiger partial charge < -0.3 is 27.8 Å². The number of aromatic nitrogens is 2. The second kappa shape index (κ2) is 26.8. The molecular weight excluding hydrogens is 1400 g/mol. The lowest BCUT2D eigenvalue weighted by molar-refractivity contribution is 0.668. The quantitative estimate of drug-likeness (QED) is 0.122. The van der Waals surface area contributed by atoms with Crippen LogP contribution in [0.4, 0.5) is 34.1 Å². The van der Waals surface area contributed by atoms with E-state index in [1.54, 1.807) is 0 Å². The lowest BCUT2D eigenvalue weighted by Gasteiger charge is -2.26. The number of hydrogen-bond donors (Lipinski definition) is 0. The molecule has 0 spiro atoms. The highest BCUT2D eigenvalue weighted by Crippen LogP contribution is 2.50. The van der Waals surface area contributed by atoms with Gasteiger partial charge in [-0.3, -0.25) is 0 Å². The second-order valence-electron chi connectivity index (χ2n) is 28.6. The van der Waals surface area contributed by atoms with E-state index in [9.17, 15) is 0 Å². The molecule has 0 N–H and O–H groups in total. The standard InChI is InChI=1S/C54H34N2OS.C50H32N2OS/c1-2-14-38(15-3-1)56-49-22-8-6-18-47(49)54-52(56)48-21-11-20-44(53(48)58-54)37-26-30-40(31-27-37)55(41-32-33-46-45-17-7-9-23-50(45)57-51(46)34-41)39-28-24-36(25-29-39)43-19-10-13-35-12-4-5-16-42(35)43;1-3-12-33(13-4-1)34-22-26-37(27-23-34)51(39-30-31-42-41-16-8-10-21-46(41)53-47(42)32-39)38-28-24-35(25-29-38)40-18-11-19-44-48-50(54-49(40)44)43-17-7-9-20-45(43)52(48)36-14-5-2-6-15-36/h1-34H;1-32H. The van der Waals surface area contributed by atoms with Gasteiger partial charge in [-0.2, -0.15) is 0 Å². The molecule has 6 aromatic heterocycles. The van der Waals surface area contributed by atoms with E-state index in [4.69, 9.17) is 8.83 Å². The van der Waals surface area contributed by atoms with Crippen molar-refractivity contribution >= 4 is 174 Å². The number of fused-ring (bicyclic) bond motifs is 17. The van der Waals surface area contributed by atoms with Crippen LogP contribution >= 0.6 is 22.7 Å². The van der Waals surface area contributed by atoms with Crippen LogP contribution in [0.2, 0.25) is 0 Å². The van der Waals surface area contributed by atoms with Gasteiger partial charge in [0.15, 0.2) is 0 Å². The molecule has 17 aromatic carbocycles. The van der Waals surface area contributed by atoms with Crippen LogP contribution in [0.3, 0.4) is 0 Å². The van der Waals surface area contributed by atoms with Crippen LogP contribution in [-0.4, -0.2) is 9.13 Å². The number of furan rings is 2. The van der Waals surface area contributed by atoms with Crippen molar-refractivity contribution in [3.05, 3.63) is 400 Å². The summed E-state index contributed by atoms with van der Waals surface area (Å²) in [6, 6.07) is 144. The Morgan fingerprint density at radius 1 is 0.205 bits per heavy atom. The summed E-state index contributed by atoms with van der Waals surface area (Å²) < 4.78 is 22.9. The Balaban J connectivity index is 0.000000138. The summed E-state index contributed by atoms with van der Waals surface area (Å²) in [7, 11) is 0. The largest absolute Gasteiger partial charge is 0.456 e. The number of benzene rings is 17. The lowest BCUT2D eigenvalue weighted by Crippen LogP contribution is -2.09. The fourth-order valence-corrected chi connectivity index (χ4v) is 19.7. The van der Waals surface area contributed by atoms with Crippen molar-refractivity contribution in [1.82, 2.24) is 9.13 Å². The zero-order valence-electron chi connectivity index (χ0n) is 60.5. The third-order valence-corrected chi connectivity index (χ3v) is 24.7. The van der Waals surface area contributed by atoms with Gasteiger partial charge in [-0.1, -0.05) is 267 Å². The van der Waals surface area contributed by atoms with Gasteiger partial charge in [0.05, 0.1) is 31.5 Å². The Bertz CT molecular complexity index is 7530. The molecular formula is C104H66N4O2S2. The van der Waals surface area contributed by atoms with Gasteiger partial charge in [0, 0.05) is 110 Å². The van der Waals surface area contributed by atoms with Crippen molar-refractivity contribution in [2.45, 2.75) is 0 Å². The number of thiophene rings is 2. The summed E-state index contributed by atoms with van der Waals surface area (Å²) in [6.45, 7) is 0. The van der Waals surface area contributed by atoms with Crippen LogP contribution in [-0.2, 0) is 0 Å².